The van der Waals surface area contributed by atoms with Crippen LogP contribution in [0.1, 0.15) is 30.3 Å². The minimum atomic E-state index is 0.00742. The smallest absolute Gasteiger partial charge is 0.225 e. The molecule has 0 aromatic carbocycles. The monoisotopic (exact) mass is 317 g/mol. The predicted molar refractivity (Wildman–Crippen MR) is 88.1 cm³/mol. The van der Waals surface area contributed by atoms with Crippen molar-refractivity contribution in [3.05, 3.63) is 28.1 Å². The summed E-state index contributed by atoms with van der Waals surface area (Å²) in [5, 5.41) is 17.4. The highest BCUT2D eigenvalue weighted by molar-refractivity contribution is 7.09. The zero-order valence-corrected chi connectivity index (χ0v) is 13.5. The first kappa shape index (κ1) is 14.8. The fourth-order valence-electron chi connectivity index (χ4n) is 2.54. The van der Waals surface area contributed by atoms with Crippen LogP contribution in [0, 0.1) is 0 Å². The van der Waals surface area contributed by atoms with Gasteiger partial charge in [-0.05, 0) is 30.7 Å². The van der Waals surface area contributed by atoms with Crippen molar-refractivity contribution in [1.82, 2.24) is 20.0 Å². The molecular weight excluding hydrogens is 298 g/mol. The lowest BCUT2D eigenvalue weighted by atomic mass is 10.2. The predicted octanol–water partition coefficient (Wildman–Crippen LogP) is 2.88. The number of anilines is 1. The molecule has 6 nitrogen and oxygen atoms in total. The molecule has 3 aromatic heterocycles. The van der Waals surface area contributed by atoms with E-state index in [1.54, 1.807) is 16.0 Å². The van der Waals surface area contributed by atoms with E-state index in [-0.39, 0.29) is 5.91 Å². The molecule has 0 spiro atoms. The maximum atomic E-state index is 12.1. The summed E-state index contributed by atoms with van der Waals surface area (Å²) in [6.45, 7) is 2.04. The largest absolute Gasteiger partial charge is 0.310 e. The molecule has 0 saturated heterocycles. The highest BCUT2D eigenvalue weighted by Crippen LogP contribution is 2.24. The highest BCUT2D eigenvalue weighted by Gasteiger charge is 2.16. The fraction of sp³-hybridized carbons (Fsp3) is 0.400. The molecule has 3 aromatic rings. The van der Waals surface area contributed by atoms with E-state index in [2.05, 4.69) is 32.1 Å². The van der Waals surface area contributed by atoms with Crippen LogP contribution in [-0.2, 0) is 24.7 Å². The Kier molecular flexibility index (Phi) is 4.24. The zero-order valence-electron chi connectivity index (χ0n) is 12.7. The lowest BCUT2D eigenvalue weighted by Crippen LogP contribution is -2.12. The molecular formula is C15H19N5OS. The number of carbonyl (C=O) groups excluding carboxylic acids is 1. The van der Waals surface area contributed by atoms with Crippen molar-refractivity contribution in [2.45, 2.75) is 32.6 Å². The maximum Gasteiger partial charge on any atom is 0.225 e. The molecule has 0 unspecified atom stereocenters. The van der Waals surface area contributed by atoms with Crippen LogP contribution in [0.5, 0.6) is 0 Å². The van der Waals surface area contributed by atoms with Gasteiger partial charge in [0.2, 0.25) is 5.91 Å². The third-order valence-electron chi connectivity index (χ3n) is 3.62. The minimum absolute atomic E-state index is 0.00742. The summed E-state index contributed by atoms with van der Waals surface area (Å²) in [5.41, 5.74) is 1.71. The number of fused-ring (bicyclic) bond motifs is 1. The van der Waals surface area contributed by atoms with E-state index < -0.39 is 0 Å². The Morgan fingerprint density at radius 1 is 1.50 bits per heavy atom. The first-order valence-electron chi connectivity index (χ1n) is 7.41. The first-order valence-corrected chi connectivity index (χ1v) is 8.29. The third-order valence-corrected chi connectivity index (χ3v) is 4.56. The van der Waals surface area contributed by atoms with E-state index in [4.69, 9.17) is 0 Å². The molecule has 0 bridgehead atoms. The van der Waals surface area contributed by atoms with Crippen LogP contribution in [0.15, 0.2) is 17.5 Å². The van der Waals surface area contributed by atoms with Gasteiger partial charge in [-0.15, -0.1) is 11.3 Å². The number of amides is 1. The number of carbonyl (C=O) groups is 1. The van der Waals surface area contributed by atoms with Crippen LogP contribution in [0.4, 0.5) is 5.82 Å². The fourth-order valence-corrected chi connectivity index (χ4v) is 3.29. The third kappa shape index (κ3) is 2.89. The number of hydrogen-bond donors (Lipinski definition) is 2. The molecule has 22 heavy (non-hydrogen) atoms. The average molecular weight is 317 g/mol. The molecule has 0 aliphatic heterocycles. The Hall–Kier alpha value is -2.15. The zero-order chi connectivity index (χ0) is 15.5. The molecule has 116 valence electrons. The number of H-pyrrole nitrogens is 1. The van der Waals surface area contributed by atoms with E-state index in [0.717, 1.165) is 36.0 Å². The normalized spacial score (nSPS) is 11.2. The van der Waals surface area contributed by atoms with Crippen molar-refractivity contribution in [3.8, 4) is 0 Å². The van der Waals surface area contributed by atoms with Crippen LogP contribution < -0.4 is 5.32 Å². The Morgan fingerprint density at radius 3 is 3.09 bits per heavy atom. The van der Waals surface area contributed by atoms with Gasteiger partial charge in [0.05, 0.1) is 11.1 Å². The molecule has 0 aliphatic carbocycles. The van der Waals surface area contributed by atoms with E-state index in [9.17, 15) is 4.79 Å². The number of aromatic nitrogens is 4. The summed E-state index contributed by atoms with van der Waals surface area (Å²) in [6, 6.07) is 4.14. The second-order valence-electron chi connectivity index (χ2n) is 5.20. The van der Waals surface area contributed by atoms with Gasteiger partial charge in [0.25, 0.3) is 0 Å². The van der Waals surface area contributed by atoms with Gasteiger partial charge < -0.3 is 5.32 Å². The Bertz CT molecular complexity index is 771. The van der Waals surface area contributed by atoms with Crippen LogP contribution in [0.3, 0.4) is 0 Å². The second-order valence-corrected chi connectivity index (χ2v) is 6.23. The molecule has 3 rings (SSSR count). The highest BCUT2D eigenvalue weighted by atomic mass is 32.1. The number of nitrogens with zero attached hydrogens (tertiary/aromatic N) is 3. The van der Waals surface area contributed by atoms with E-state index in [1.807, 2.05) is 20.0 Å². The van der Waals surface area contributed by atoms with Gasteiger partial charge in [-0.2, -0.15) is 10.2 Å². The molecule has 3 heterocycles. The van der Waals surface area contributed by atoms with Gasteiger partial charge in [0.1, 0.15) is 5.82 Å². The van der Waals surface area contributed by atoms with Gasteiger partial charge in [-0.3, -0.25) is 9.89 Å². The summed E-state index contributed by atoms with van der Waals surface area (Å²) in [5.74, 6) is 0.661. The van der Waals surface area contributed by atoms with Gasteiger partial charge in [0.15, 0.2) is 5.65 Å². The minimum Gasteiger partial charge on any atom is -0.310 e. The maximum absolute atomic E-state index is 12.1. The SMILES string of the molecule is CCc1nn(C)c2n[nH]c(NC(=O)CCCc3cccs3)c12. The number of hydrogen-bond acceptors (Lipinski definition) is 4. The van der Waals surface area contributed by atoms with Crippen molar-refractivity contribution in [2.75, 3.05) is 5.32 Å². The van der Waals surface area contributed by atoms with E-state index in [0.29, 0.717) is 12.2 Å². The van der Waals surface area contributed by atoms with Crippen molar-refractivity contribution >= 4 is 34.1 Å². The number of aryl methyl sites for hydroxylation is 3. The summed E-state index contributed by atoms with van der Waals surface area (Å²) in [7, 11) is 1.86. The number of aromatic amines is 1. The lowest BCUT2D eigenvalue weighted by molar-refractivity contribution is -0.116. The molecule has 7 heteroatoms. The van der Waals surface area contributed by atoms with Gasteiger partial charge in [-0.25, -0.2) is 4.68 Å². The van der Waals surface area contributed by atoms with Crippen molar-refractivity contribution in [3.63, 3.8) is 0 Å². The van der Waals surface area contributed by atoms with Gasteiger partial charge in [0, 0.05) is 18.3 Å². The van der Waals surface area contributed by atoms with Gasteiger partial charge in [-0.1, -0.05) is 13.0 Å². The Labute approximate surface area is 132 Å². The molecule has 0 fully saturated rings. The van der Waals surface area contributed by atoms with E-state index in [1.165, 1.54) is 4.88 Å². The standard InChI is InChI=1S/C15H19N5OS/c1-3-11-13-14(17-18-15(13)20(2)19-11)16-12(21)8-4-6-10-7-5-9-22-10/h5,7,9H,3-4,6,8H2,1-2H3,(H2,16,17,18,21). The van der Waals surface area contributed by atoms with Crippen molar-refractivity contribution < 1.29 is 4.79 Å². The summed E-state index contributed by atoms with van der Waals surface area (Å²) < 4.78 is 1.73. The molecule has 0 aliphatic rings. The van der Waals surface area contributed by atoms with Crippen LogP contribution in [0.2, 0.25) is 0 Å². The summed E-state index contributed by atoms with van der Waals surface area (Å²) in [4.78, 5) is 13.4. The van der Waals surface area contributed by atoms with Crippen LogP contribution in [-0.4, -0.2) is 25.9 Å². The average Bonchev–Trinajstić information content (AvgIpc) is 3.19. The Balaban J connectivity index is 1.64. The molecule has 0 atom stereocenters. The number of rotatable bonds is 6. The summed E-state index contributed by atoms with van der Waals surface area (Å²) >= 11 is 1.73. The van der Waals surface area contributed by atoms with Crippen LogP contribution >= 0.6 is 11.3 Å². The van der Waals surface area contributed by atoms with Crippen molar-refractivity contribution in [1.29, 1.82) is 0 Å². The first-order chi connectivity index (χ1) is 10.7. The molecule has 0 saturated carbocycles. The lowest BCUT2D eigenvalue weighted by Gasteiger charge is -2.03. The summed E-state index contributed by atoms with van der Waals surface area (Å²) in [6.07, 6.45) is 3.09. The quantitative estimate of drug-likeness (QED) is 0.734. The number of nitrogens with one attached hydrogen (secondary N) is 2. The molecule has 1 amide bonds. The van der Waals surface area contributed by atoms with Gasteiger partial charge >= 0.3 is 0 Å². The molecule has 2 N–H and O–H groups in total. The van der Waals surface area contributed by atoms with Crippen molar-refractivity contribution in [2.24, 2.45) is 7.05 Å². The molecule has 0 radical (unpaired) electrons. The Morgan fingerprint density at radius 2 is 2.36 bits per heavy atom. The topological polar surface area (TPSA) is 75.6 Å². The number of thiophene rings is 1. The van der Waals surface area contributed by atoms with Crippen LogP contribution in [0.25, 0.3) is 11.0 Å². The second kappa shape index (κ2) is 6.31. The van der Waals surface area contributed by atoms with E-state index >= 15 is 0 Å².